The van der Waals surface area contributed by atoms with Crippen LogP contribution in [-0.2, 0) is 6.54 Å². The van der Waals surface area contributed by atoms with Gasteiger partial charge in [-0.05, 0) is 64.0 Å². The summed E-state index contributed by atoms with van der Waals surface area (Å²) in [6, 6.07) is 7.44. The molecule has 0 bridgehead atoms. The predicted molar refractivity (Wildman–Crippen MR) is 107 cm³/mol. The van der Waals surface area contributed by atoms with Gasteiger partial charge in [-0.3, -0.25) is 14.5 Å². The van der Waals surface area contributed by atoms with Crippen LogP contribution in [0.5, 0.6) is 0 Å². The number of H-pyrrole nitrogens is 1. The molecule has 6 heteroatoms. The van der Waals surface area contributed by atoms with Crippen molar-refractivity contribution in [2.24, 2.45) is 0 Å². The third-order valence-electron chi connectivity index (χ3n) is 5.73. The average molecular weight is 368 g/mol. The molecule has 1 aromatic carbocycles. The van der Waals surface area contributed by atoms with Crippen LogP contribution in [0, 0.1) is 0 Å². The first-order valence-corrected chi connectivity index (χ1v) is 10.1. The molecule has 4 rings (SSSR count). The lowest BCUT2D eigenvalue weighted by Crippen LogP contribution is -2.36. The molecular formula is C21H28N4O2. The van der Waals surface area contributed by atoms with Gasteiger partial charge in [0.05, 0.1) is 0 Å². The van der Waals surface area contributed by atoms with E-state index >= 15 is 0 Å². The van der Waals surface area contributed by atoms with Crippen LogP contribution in [0.25, 0.3) is 10.9 Å². The highest BCUT2D eigenvalue weighted by Crippen LogP contribution is 2.16. The standard InChI is InChI=1S/C21H28N4O2/c26-20-16-7-1-2-8-18(16)23-19(17(20)15-25-12-5-6-13-25)21(27)22-9-14-24-10-3-4-11-24/h1-2,7-8H,3-6,9-15H2,(H,22,27)(H,23,26). The fourth-order valence-electron chi connectivity index (χ4n) is 4.21. The normalized spacial score (nSPS) is 18.4. The second kappa shape index (κ2) is 8.23. The van der Waals surface area contributed by atoms with Gasteiger partial charge in [-0.15, -0.1) is 0 Å². The number of hydrogen-bond acceptors (Lipinski definition) is 4. The van der Waals surface area contributed by atoms with Crippen molar-refractivity contribution < 1.29 is 4.79 Å². The number of nitrogens with one attached hydrogen (secondary N) is 2. The smallest absolute Gasteiger partial charge is 0.268 e. The van der Waals surface area contributed by atoms with E-state index in [-0.39, 0.29) is 11.3 Å². The van der Waals surface area contributed by atoms with Crippen molar-refractivity contribution in [3.63, 3.8) is 0 Å². The molecule has 2 aliphatic rings. The molecule has 27 heavy (non-hydrogen) atoms. The number of pyridine rings is 1. The third kappa shape index (κ3) is 4.06. The quantitative estimate of drug-likeness (QED) is 0.818. The van der Waals surface area contributed by atoms with Crippen LogP contribution in [0.15, 0.2) is 29.1 Å². The summed E-state index contributed by atoms with van der Waals surface area (Å²) in [5.41, 5.74) is 1.71. The van der Waals surface area contributed by atoms with Crippen molar-refractivity contribution in [3.8, 4) is 0 Å². The van der Waals surface area contributed by atoms with Gasteiger partial charge in [-0.2, -0.15) is 0 Å². The maximum Gasteiger partial charge on any atom is 0.268 e. The van der Waals surface area contributed by atoms with Crippen molar-refractivity contribution in [1.29, 1.82) is 0 Å². The molecular weight excluding hydrogens is 340 g/mol. The van der Waals surface area contributed by atoms with E-state index in [9.17, 15) is 9.59 Å². The molecule has 2 saturated heterocycles. The summed E-state index contributed by atoms with van der Waals surface area (Å²) in [4.78, 5) is 33.9. The average Bonchev–Trinajstić information content (AvgIpc) is 3.38. The minimum Gasteiger partial charge on any atom is -0.350 e. The number of aromatic amines is 1. The number of amides is 1. The molecule has 3 heterocycles. The van der Waals surface area contributed by atoms with Crippen LogP contribution in [0.3, 0.4) is 0 Å². The van der Waals surface area contributed by atoms with E-state index in [0.29, 0.717) is 29.7 Å². The van der Waals surface area contributed by atoms with Gasteiger partial charge < -0.3 is 15.2 Å². The molecule has 2 N–H and O–H groups in total. The number of para-hydroxylation sites is 1. The number of fused-ring (bicyclic) bond motifs is 1. The Morgan fingerprint density at radius 3 is 2.41 bits per heavy atom. The number of hydrogen-bond donors (Lipinski definition) is 2. The van der Waals surface area contributed by atoms with Crippen molar-refractivity contribution in [1.82, 2.24) is 20.1 Å². The molecule has 1 aromatic heterocycles. The Bertz CT molecular complexity index is 864. The second-order valence-electron chi connectivity index (χ2n) is 7.64. The van der Waals surface area contributed by atoms with Crippen molar-refractivity contribution >= 4 is 16.8 Å². The summed E-state index contributed by atoms with van der Waals surface area (Å²) < 4.78 is 0. The molecule has 0 unspecified atom stereocenters. The highest BCUT2D eigenvalue weighted by atomic mass is 16.2. The lowest BCUT2D eigenvalue weighted by Gasteiger charge is -2.18. The van der Waals surface area contributed by atoms with Gasteiger partial charge in [-0.25, -0.2) is 0 Å². The molecule has 2 aromatic rings. The molecule has 1 amide bonds. The summed E-state index contributed by atoms with van der Waals surface area (Å²) in [7, 11) is 0. The Labute approximate surface area is 159 Å². The zero-order valence-electron chi connectivity index (χ0n) is 15.8. The SMILES string of the molecule is O=C(NCCN1CCCC1)c1[nH]c2ccccc2c(=O)c1CN1CCCC1. The zero-order valence-corrected chi connectivity index (χ0v) is 15.8. The third-order valence-corrected chi connectivity index (χ3v) is 5.73. The minimum absolute atomic E-state index is 0.0269. The lowest BCUT2D eigenvalue weighted by molar-refractivity contribution is 0.0943. The van der Waals surface area contributed by atoms with E-state index in [1.807, 2.05) is 24.3 Å². The van der Waals surface area contributed by atoms with Gasteiger partial charge in [-0.1, -0.05) is 12.1 Å². The molecule has 6 nitrogen and oxygen atoms in total. The van der Waals surface area contributed by atoms with Gasteiger partial charge >= 0.3 is 0 Å². The minimum atomic E-state index is -0.175. The zero-order chi connectivity index (χ0) is 18.6. The number of aromatic nitrogens is 1. The van der Waals surface area contributed by atoms with Crippen LogP contribution in [-0.4, -0.2) is 60.0 Å². The monoisotopic (exact) mass is 368 g/mol. The van der Waals surface area contributed by atoms with Crippen LogP contribution >= 0.6 is 0 Å². The van der Waals surface area contributed by atoms with E-state index in [1.165, 1.54) is 12.8 Å². The Hall–Kier alpha value is -2.18. The predicted octanol–water partition coefficient (Wildman–Crippen LogP) is 1.95. The number of carbonyl (C=O) groups excluding carboxylic acids is 1. The highest BCUT2D eigenvalue weighted by Gasteiger charge is 2.22. The maximum atomic E-state index is 13.1. The molecule has 0 saturated carbocycles. The van der Waals surface area contributed by atoms with Crippen LogP contribution in [0.1, 0.15) is 41.7 Å². The number of nitrogens with zero attached hydrogens (tertiary/aromatic N) is 2. The van der Waals surface area contributed by atoms with Crippen LogP contribution < -0.4 is 10.7 Å². The van der Waals surface area contributed by atoms with Gasteiger partial charge in [0.1, 0.15) is 5.69 Å². The number of benzene rings is 1. The Balaban J connectivity index is 1.58. The first-order chi connectivity index (χ1) is 13.2. The largest absolute Gasteiger partial charge is 0.350 e. The summed E-state index contributed by atoms with van der Waals surface area (Å²) in [5.74, 6) is -0.175. The molecule has 2 aliphatic heterocycles. The topological polar surface area (TPSA) is 68.4 Å². The Morgan fingerprint density at radius 2 is 1.67 bits per heavy atom. The van der Waals surface area contributed by atoms with Crippen LogP contribution in [0.4, 0.5) is 0 Å². The Kier molecular flexibility index (Phi) is 5.55. The first kappa shape index (κ1) is 18.2. The van der Waals surface area contributed by atoms with E-state index in [2.05, 4.69) is 20.1 Å². The first-order valence-electron chi connectivity index (χ1n) is 10.1. The number of rotatable bonds is 6. The van der Waals surface area contributed by atoms with Gasteiger partial charge in [0.25, 0.3) is 5.91 Å². The van der Waals surface area contributed by atoms with E-state index in [4.69, 9.17) is 0 Å². The van der Waals surface area contributed by atoms with E-state index < -0.39 is 0 Å². The molecule has 144 valence electrons. The maximum absolute atomic E-state index is 13.1. The second-order valence-corrected chi connectivity index (χ2v) is 7.64. The number of carbonyl (C=O) groups is 1. The molecule has 0 atom stereocenters. The summed E-state index contributed by atoms with van der Waals surface area (Å²) >= 11 is 0. The number of likely N-dealkylation sites (tertiary alicyclic amines) is 2. The Morgan fingerprint density at radius 1 is 1.00 bits per heavy atom. The summed E-state index contributed by atoms with van der Waals surface area (Å²) in [6.45, 7) is 6.22. The van der Waals surface area contributed by atoms with E-state index in [0.717, 1.165) is 51.1 Å². The molecule has 0 radical (unpaired) electrons. The fraction of sp³-hybridized carbons (Fsp3) is 0.524. The fourth-order valence-corrected chi connectivity index (χ4v) is 4.21. The molecule has 0 spiro atoms. The highest BCUT2D eigenvalue weighted by molar-refractivity contribution is 5.96. The van der Waals surface area contributed by atoms with Crippen molar-refractivity contribution in [3.05, 3.63) is 45.7 Å². The molecule has 0 aliphatic carbocycles. The van der Waals surface area contributed by atoms with Crippen molar-refractivity contribution in [2.75, 3.05) is 39.3 Å². The van der Waals surface area contributed by atoms with Gasteiger partial charge in [0, 0.05) is 36.1 Å². The van der Waals surface area contributed by atoms with Gasteiger partial charge in [0.2, 0.25) is 0 Å². The molecule has 2 fully saturated rings. The lowest BCUT2D eigenvalue weighted by atomic mass is 10.1. The van der Waals surface area contributed by atoms with Crippen LogP contribution in [0.2, 0.25) is 0 Å². The summed E-state index contributed by atoms with van der Waals surface area (Å²) in [6.07, 6.45) is 4.80. The van der Waals surface area contributed by atoms with Crippen molar-refractivity contribution in [2.45, 2.75) is 32.2 Å². The van der Waals surface area contributed by atoms with Gasteiger partial charge in [0.15, 0.2) is 5.43 Å². The van der Waals surface area contributed by atoms with E-state index in [1.54, 1.807) is 0 Å². The summed E-state index contributed by atoms with van der Waals surface area (Å²) in [5, 5.41) is 3.67.